The number of imidazole rings is 1. The Morgan fingerprint density at radius 3 is 2.62 bits per heavy atom. The Labute approximate surface area is 84.0 Å². The van der Waals surface area contributed by atoms with E-state index in [1.54, 1.807) is 6.33 Å². The molecule has 0 saturated carbocycles. The zero-order valence-electron chi connectivity index (χ0n) is 8.24. The minimum atomic E-state index is 0.108. The minimum Gasteiger partial charge on any atom is -0.392 e. The van der Waals surface area contributed by atoms with Crippen LogP contribution in [0.5, 0.6) is 0 Å². The van der Waals surface area contributed by atoms with Crippen molar-refractivity contribution in [2.45, 2.75) is 33.2 Å². The first-order valence-electron chi connectivity index (χ1n) is 4.37. The second-order valence-corrected chi connectivity index (χ2v) is 3.62. The molecule has 3 nitrogen and oxygen atoms in total. The van der Waals surface area contributed by atoms with E-state index in [9.17, 15) is 0 Å². The highest BCUT2D eigenvalue weighted by Gasteiger charge is 2.14. The largest absolute Gasteiger partial charge is 0.392 e. The zero-order valence-corrected chi connectivity index (χ0v) is 9.06. The molecule has 0 aliphatic rings. The molecule has 1 aromatic heterocycles. The SMILES string of the molecule is CCC(C(N)=S)n1cnc(C)c1C. The molecule has 1 heterocycles. The molecule has 0 fully saturated rings. The van der Waals surface area contributed by atoms with E-state index in [-0.39, 0.29) is 6.04 Å². The number of nitrogens with zero attached hydrogens (tertiary/aromatic N) is 2. The number of hydrogen-bond acceptors (Lipinski definition) is 2. The van der Waals surface area contributed by atoms with Crippen LogP contribution in [0.4, 0.5) is 0 Å². The average Bonchev–Trinajstić information content (AvgIpc) is 2.37. The maximum absolute atomic E-state index is 5.64. The van der Waals surface area contributed by atoms with Crippen molar-refractivity contribution >= 4 is 17.2 Å². The number of aryl methyl sites for hydroxylation is 1. The van der Waals surface area contributed by atoms with E-state index in [4.69, 9.17) is 18.0 Å². The van der Waals surface area contributed by atoms with Gasteiger partial charge in [-0.3, -0.25) is 0 Å². The Balaban J connectivity index is 3.05. The smallest absolute Gasteiger partial charge is 0.0960 e. The molecular formula is C9H15N3S. The van der Waals surface area contributed by atoms with Gasteiger partial charge in [0.05, 0.1) is 23.1 Å². The van der Waals surface area contributed by atoms with Crippen LogP contribution in [0.1, 0.15) is 30.8 Å². The van der Waals surface area contributed by atoms with E-state index in [1.165, 1.54) is 0 Å². The molecule has 0 aliphatic carbocycles. The predicted octanol–water partition coefficient (Wildman–Crippen LogP) is 1.74. The highest BCUT2D eigenvalue weighted by Crippen LogP contribution is 2.16. The van der Waals surface area contributed by atoms with Crippen LogP contribution in [-0.2, 0) is 0 Å². The molecule has 0 amide bonds. The topological polar surface area (TPSA) is 43.8 Å². The van der Waals surface area contributed by atoms with Crippen LogP contribution in [0.2, 0.25) is 0 Å². The Bertz CT molecular complexity index is 317. The molecule has 1 atom stereocenters. The van der Waals surface area contributed by atoms with Crippen LogP contribution in [0.15, 0.2) is 6.33 Å². The third kappa shape index (κ3) is 1.88. The van der Waals surface area contributed by atoms with Crippen molar-refractivity contribution in [1.82, 2.24) is 9.55 Å². The van der Waals surface area contributed by atoms with Crippen molar-refractivity contribution in [2.75, 3.05) is 0 Å². The van der Waals surface area contributed by atoms with E-state index in [2.05, 4.69) is 11.9 Å². The molecule has 13 heavy (non-hydrogen) atoms. The molecule has 1 unspecified atom stereocenters. The molecule has 1 aromatic rings. The molecule has 0 aromatic carbocycles. The van der Waals surface area contributed by atoms with Crippen molar-refractivity contribution in [3.05, 3.63) is 17.7 Å². The maximum Gasteiger partial charge on any atom is 0.0960 e. The van der Waals surface area contributed by atoms with Gasteiger partial charge in [0.1, 0.15) is 0 Å². The van der Waals surface area contributed by atoms with Gasteiger partial charge in [-0.25, -0.2) is 4.98 Å². The van der Waals surface area contributed by atoms with Gasteiger partial charge in [-0.1, -0.05) is 19.1 Å². The van der Waals surface area contributed by atoms with Gasteiger partial charge in [-0.15, -0.1) is 0 Å². The number of rotatable bonds is 3. The fourth-order valence-corrected chi connectivity index (χ4v) is 1.65. The number of aromatic nitrogens is 2. The Kier molecular flexibility index (Phi) is 3.03. The molecular weight excluding hydrogens is 182 g/mol. The van der Waals surface area contributed by atoms with Crippen LogP contribution in [0.25, 0.3) is 0 Å². The summed E-state index contributed by atoms with van der Waals surface area (Å²) in [5.41, 5.74) is 7.82. The fraction of sp³-hybridized carbons (Fsp3) is 0.556. The van der Waals surface area contributed by atoms with Crippen molar-refractivity contribution < 1.29 is 0 Å². The standard InChI is InChI=1S/C9H15N3S/c1-4-8(9(10)13)12-5-11-6(2)7(12)3/h5,8H,4H2,1-3H3,(H2,10,13). The Morgan fingerprint density at radius 2 is 2.31 bits per heavy atom. The first-order valence-corrected chi connectivity index (χ1v) is 4.78. The highest BCUT2D eigenvalue weighted by atomic mass is 32.1. The molecule has 1 rings (SSSR count). The monoisotopic (exact) mass is 197 g/mol. The Morgan fingerprint density at radius 1 is 1.69 bits per heavy atom. The Hall–Kier alpha value is -0.900. The van der Waals surface area contributed by atoms with E-state index < -0.39 is 0 Å². The van der Waals surface area contributed by atoms with Crippen molar-refractivity contribution in [1.29, 1.82) is 0 Å². The number of thiocarbonyl (C=S) groups is 1. The van der Waals surface area contributed by atoms with Crippen LogP contribution in [-0.4, -0.2) is 14.5 Å². The third-order valence-electron chi connectivity index (χ3n) is 2.34. The van der Waals surface area contributed by atoms with Gasteiger partial charge in [-0.05, 0) is 20.3 Å². The summed E-state index contributed by atoms with van der Waals surface area (Å²) in [6.07, 6.45) is 2.71. The molecule has 0 spiro atoms. The second kappa shape index (κ2) is 3.87. The average molecular weight is 197 g/mol. The van der Waals surface area contributed by atoms with E-state index in [1.807, 2.05) is 18.4 Å². The van der Waals surface area contributed by atoms with Crippen LogP contribution in [0, 0.1) is 13.8 Å². The van der Waals surface area contributed by atoms with Gasteiger partial charge in [0.15, 0.2) is 0 Å². The lowest BCUT2D eigenvalue weighted by Crippen LogP contribution is -2.24. The van der Waals surface area contributed by atoms with Crippen molar-refractivity contribution in [3.8, 4) is 0 Å². The summed E-state index contributed by atoms with van der Waals surface area (Å²) in [5, 5.41) is 0. The van der Waals surface area contributed by atoms with Gasteiger partial charge in [-0.2, -0.15) is 0 Å². The lowest BCUT2D eigenvalue weighted by atomic mass is 10.2. The number of nitrogens with two attached hydrogens (primary N) is 1. The van der Waals surface area contributed by atoms with Gasteiger partial charge in [0.2, 0.25) is 0 Å². The summed E-state index contributed by atoms with van der Waals surface area (Å²) in [7, 11) is 0. The third-order valence-corrected chi connectivity index (χ3v) is 2.61. The highest BCUT2D eigenvalue weighted by molar-refractivity contribution is 7.80. The van der Waals surface area contributed by atoms with E-state index in [0.717, 1.165) is 17.8 Å². The van der Waals surface area contributed by atoms with Crippen LogP contribution < -0.4 is 5.73 Å². The summed E-state index contributed by atoms with van der Waals surface area (Å²) in [4.78, 5) is 4.75. The van der Waals surface area contributed by atoms with Gasteiger partial charge in [0, 0.05) is 5.69 Å². The van der Waals surface area contributed by atoms with Gasteiger partial charge >= 0.3 is 0 Å². The minimum absolute atomic E-state index is 0.108. The molecule has 0 radical (unpaired) electrons. The summed E-state index contributed by atoms with van der Waals surface area (Å²) >= 11 is 5.00. The summed E-state index contributed by atoms with van der Waals surface area (Å²) in [5.74, 6) is 0. The summed E-state index contributed by atoms with van der Waals surface area (Å²) < 4.78 is 2.04. The van der Waals surface area contributed by atoms with Crippen molar-refractivity contribution in [2.24, 2.45) is 5.73 Å². The fourth-order valence-electron chi connectivity index (χ4n) is 1.36. The normalized spacial score (nSPS) is 12.8. The van der Waals surface area contributed by atoms with Crippen LogP contribution >= 0.6 is 12.2 Å². The van der Waals surface area contributed by atoms with E-state index >= 15 is 0 Å². The number of hydrogen-bond donors (Lipinski definition) is 1. The van der Waals surface area contributed by atoms with E-state index in [0.29, 0.717) is 4.99 Å². The first-order chi connectivity index (χ1) is 6.07. The predicted molar refractivity (Wildman–Crippen MR) is 57.8 cm³/mol. The first kappa shape index (κ1) is 10.2. The quantitative estimate of drug-likeness (QED) is 0.751. The van der Waals surface area contributed by atoms with Gasteiger partial charge < -0.3 is 10.3 Å². The summed E-state index contributed by atoms with van der Waals surface area (Å²) in [6.45, 7) is 6.08. The molecule has 72 valence electrons. The molecule has 4 heteroatoms. The molecule has 0 bridgehead atoms. The lowest BCUT2D eigenvalue weighted by molar-refractivity contribution is 0.605. The molecule has 2 N–H and O–H groups in total. The molecule has 0 saturated heterocycles. The zero-order chi connectivity index (χ0) is 10.0. The van der Waals surface area contributed by atoms with Crippen LogP contribution in [0.3, 0.4) is 0 Å². The van der Waals surface area contributed by atoms with Crippen molar-refractivity contribution in [3.63, 3.8) is 0 Å². The summed E-state index contributed by atoms with van der Waals surface area (Å²) in [6, 6.07) is 0.108. The molecule has 0 aliphatic heterocycles. The van der Waals surface area contributed by atoms with Gasteiger partial charge in [0.25, 0.3) is 0 Å². The second-order valence-electron chi connectivity index (χ2n) is 3.15. The maximum atomic E-state index is 5.64. The lowest BCUT2D eigenvalue weighted by Gasteiger charge is -2.16.